The van der Waals surface area contributed by atoms with Crippen LogP contribution >= 0.6 is 11.6 Å². The zero-order valence-corrected chi connectivity index (χ0v) is 9.98. The molecule has 2 rings (SSSR count). The maximum Gasteiger partial charge on any atom is 0.248 e. The second kappa shape index (κ2) is 4.93. The largest absolute Gasteiger partial charge is 0.506 e. The average molecular weight is 264 g/mol. The molecule has 1 aromatic carbocycles. The number of carbonyl (C=O) groups is 1. The van der Waals surface area contributed by atoms with Gasteiger partial charge in [-0.15, -0.1) is 0 Å². The van der Waals surface area contributed by atoms with Gasteiger partial charge in [-0.25, -0.2) is 4.98 Å². The highest BCUT2D eigenvalue weighted by atomic mass is 35.5. The molecule has 0 bridgehead atoms. The van der Waals surface area contributed by atoms with Crippen LogP contribution < -0.4 is 11.1 Å². The molecule has 0 fully saturated rings. The molecule has 18 heavy (non-hydrogen) atoms. The molecule has 6 heteroatoms. The molecule has 0 unspecified atom stereocenters. The van der Waals surface area contributed by atoms with Gasteiger partial charge in [0.05, 0.1) is 5.69 Å². The lowest BCUT2D eigenvalue weighted by Crippen LogP contribution is -2.11. The van der Waals surface area contributed by atoms with E-state index in [1.807, 2.05) is 0 Å². The quantitative estimate of drug-likeness (QED) is 0.741. The Balaban J connectivity index is 2.28. The molecule has 92 valence electrons. The lowest BCUT2D eigenvalue weighted by Gasteiger charge is -2.08. The van der Waals surface area contributed by atoms with E-state index < -0.39 is 5.91 Å². The molecule has 0 aliphatic rings. The standard InChI is InChI=1S/C12H10ClN3O2/c13-8-1-2-9(10(17)6-8)16-11-5-7(12(14)18)3-4-15-11/h1-6,17H,(H2,14,18)(H,15,16). The Hall–Kier alpha value is -2.27. The summed E-state index contributed by atoms with van der Waals surface area (Å²) in [6.07, 6.45) is 1.45. The number of benzene rings is 1. The summed E-state index contributed by atoms with van der Waals surface area (Å²) >= 11 is 5.72. The van der Waals surface area contributed by atoms with Crippen molar-refractivity contribution < 1.29 is 9.90 Å². The van der Waals surface area contributed by atoms with Crippen molar-refractivity contribution in [2.45, 2.75) is 0 Å². The summed E-state index contributed by atoms with van der Waals surface area (Å²) in [5.74, 6) is -0.140. The summed E-state index contributed by atoms with van der Waals surface area (Å²) in [6.45, 7) is 0. The SMILES string of the molecule is NC(=O)c1ccnc(Nc2ccc(Cl)cc2O)c1. The molecule has 0 saturated carbocycles. The minimum atomic E-state index is -0.541. The van der Waals surface area contributed by atoms with Crippen LogP contribution in [0.25, 0.3) is 0 Å². The summed E-state index contributed by atoms with van der Waals surface area (Å²) in [4.78, 5) is 15.0. The van der Waals surface area contributed by atoms with Gasteiger partial charge in [0.2, 0.25) is 5.91 Å². The number of aromatic hydroxyl groups is 1. The van der Waals surface area contributed by atoms with Crippen molar-refractivity contribution in [1.29, 1.82) is 0 Å². The lowest BCUT2D eigenvalue weighted by atomic mass is 10.2. The van der Waals surface area contributed by atoms with Crippen LogP contribution in [0.15, 0.2) is 36.5 Å². The first kappa shape index (κ1) is 12.2. The number of anilines is 2. The van der Waals surface area contributed by atoms with Gasteiger partial charge in [-0.1, -0.05) is 11.6 Å². The molecule has 1 heterocycles. The Kier molecular flexibility index (Phi) is 3.34. The fourth-order valence-electron chi connectivity index (χ4n) is 1.40. The normalized spacial score (nSPS) is 10.1. The van der Waals surface area contributed by atoms with Gasteiger partial charge in [-0.2, -0.15) is 0 Å². The third-order valence-electron chi connectivity index (χ3n) is 2.27. The van der Waals surface area contributed by atoms with E-state index in [2.05, 4.69) is 10.3 Å². The number of rotatable bonds is 3. The van der Waals surface area contributed by atoms with Gasteiger partial charge >= 0.3 is 0 Å². The van der Waals surface area contributed by atoms with Crippen LogP contribution in [0.5, 0.6) is 5.75 Å². The third kappa shape index (κ3) is 2.70. The second-order valence-corrected chi connectivity index (χ2v) is 4.02. The molecule has 5 nitrogen and oxygen atoms in total. The molecule has 0 radical (unpaired) electrons. The number of amides is 1. The van der Waals surface area contributed by atoms with Crippen molar-refractivity contribution in [1.82, 2.24) is 4.98 Å². The smallest absolute Gasteiger partial charge is 0.248 e. The van der Waals surface area contributed by atoms with Crippen LogP contribution in [0.4, 0.5) is 11.5 Å². The van der Waals surface area contributed by atoms with Crippen molar-refractivity contribution in [3.63, 3.8) is 0 Å². The van der Waals surface area contributed by atoms with E-state index in [0.29, 0.717) is 22.1 Å². The van der Waals surface area contributed by atoms with Crippen LogP contribution in [-0.2, 0) is 0 Å². The predicted molar refractivity (Wildman–Crippen MR) is 69.2 cm³/mol. The first-order valence-electron chi connectivity index (χ1n) is 5.07. The Morgan fingerprint density at radius 2 is 2.11 bits per heavy atom. The number of phenols is 1. The number of halogens is 1. The van der Waals surface area contributed by atoms with Crippen LogP contribution in [0.3, 0.4) is 0 Å². The second-order valence-electron chi connectivity index (χ2n) is 3.58. The lowest BCUT2D eigenvalue weighted by molar-refractivity contribution is 0.1000. The molecule has 1 amide bonds. The fourth-order valence-corrected chi connectivity index (χ4v) is 1.57. The third-order valence-corrected chi connectivity index (χ3v) is 2.50. The number of pyridine rings is 1. The number of primary amides is 1. The average Bonchev–Trinajstić information content (AvgIpc) is 2.33. The van der Waals surface area contributed by atoms with Gasteiger partial charge in [-0.05, 0) is 24.3 Å². The van der Waals surface area contributed by atoms with E-state index in [-0.39, 0.29) is 5.75 Å². The molecule has 0 aliphatic carbocycles. The molecule has 4 N–H and O–H groups in total. The van der Waals surface area contributed by atoms with Crippen LogP contribution in [-0.4, -0.2) is 16.0 Å². The topological polar surface area (TPSA) is 88.2 Å². The molecular formula is C12H10ClN3O2. The number of hydrogen-bond acceptors (Lipinski definition) is 4. The van der Waals surface area contributed by atoms with Gasteiger partial charge in [-0.3, -0.25) is 4.79 Å². The van der Waals surface area contributed by atoms with Crippen LogP contribution in [0, 0.1) is 0 Å². The zero-order valence-electron chi connectivity index (χ0n) is 9.22. The fraction of sp³-hybridized carbons (Fsp3) is 0. The monoisotopic (exact) mass is 263 g/mol. The van der Waals surface area contributed by atoms with E-state index in [1.54, 1.807) is 12.1 Å². The molecule has 0 spiro atoms. The van der Waals surface area contributed by atoms with E-state index in [1.165, 1.54) is 24.4 Å². The van der Waals surface area contributed by atoms with Crippen molar-refractivity contribution in [2.75, 3.05) is 5.32 Å². The Morgan fingerprint density at radius 3 is 2.78 bits per heavy atom. The summed E-state index contributed by atoms with van der Waals surface area (Å²) in [7, 11) is 0. The molecule has 0 saturated heterocycles. The number of nitrogens with one attached hydrogen (secondary N) is 1. The molecule has 1 aromatic heterocycles. The van der Waals surface area contributed by atoms with E-state index >= 15 is 0 Å². The highest BCUT2D eigenvalue weighted by Crippen LogP contribution is 2.28. The maximum atomic E-state index is 11.0. The highest BCUT2D eigenvalue weighted by Gasteiger charge is 2.05. The van der Waals surface area contributed by atoms with Crippen molar-refractivity contribution in [3.05, 3.63) is 47.1 Å². The van der Waals surface area contributed by atoms with Crippen molar-refractivity contribution in [2.24, 2.45) is 5.73 Å². The number of phenolic OH excluding ortho intramolecular Hbond substituents is 1. The molecular weight excluding hydrogens is 254 g/mol. The van der Waals surface area contributed by atoms with Gasteiger partial charge in [0.25, 0.3) is 0 Å². The predicted octanol–water partition coefficient (Wildman–Crippen LogP) is 2.28. The number of hydrogen-bond donors (Lipinski definition) is 3. The summed E-state index contributed by atoms with van der Waals surface area (Å²) in [5, 5.41) is 13.0. The number of nitrogens with two attached hydrogens (primary N) is 1. The highest BCUT2D eigenvalue weighted by molar-refractivity contribution is 6.30. The van der Waals surface area contributed by atoms with E-state index in [0.717, 1.165) is 0 Å². The summed E-state index contributed by atoms with van der Waals surface area (Å²) in [6, 6.07) is 7.64. The van der Waals surface area contributed by atoms with Crippen LogP contribution in [0.2, 0.25) is 5.02 Å². The molecule has 0 aliphatic heterocycles. The van der Waals surface area contributed by atoms with E-state index in [9.17, 15) is 9.90 Å². The Labute approximate surface area is 108 Å². The summed E-state index contributed by atoms with van der Waals surface area (Å²) < 4.78 is 0. The summed E-state index contributed by atoms with van der Waals surface area (Å²) in [5.41, 5.74) is 5.94. The minimum absolute atomic E-state index is 0.00576. The zero-order chi connectivity index (χ0) is 13.1. The van der Waals surface area contributed by atoms with Gasteiger partial charge in [0.15, 0.2) is 0 Å². The number of carbonyl (C=O) groups excluding carboxylic acids is 1. The van der Waals surface area contributed by atoms with Crippen molar-refractivity contribution in [3.8, 4) is 5.75 Å². The van der Waals surface area contributed by atoms with E-state index in [4.69, 9.17) is 17.3 Å². The number of aromatic nitrogens is 1. The minimum Gasteiger partial charge on any atom is -0.506 e. The van der Waals surface area contributed by atoms with Gasteiger partial charge in [0.1, 0.15) is 11.6 Å². The maximum absolute atomic E-state index is 11.0. The Morgan fingerprint density at radius 1 is 1.33 bits per heavy atom. The van der Waals surface area contributed by atoms with Gasteiger partial charge < -0.3 is 16.2 Å². The molecule has 2 aromatic rings. The van der Waals surface area contributed by atoms with Gasteiger partial charge in [0, 0.05) is 22.8 Å². The van der Waals surface area contributed by atoms with Crippen LogP contribution in [0.1, 0.15) is 10.4 Å². The first-order valence-corrected chi connectivity index (χ1v) is 5.45. The number of nitrogens with zero attached hydrogens (tertiary/aromatic N) is 1. The molecule has 0 atom stereocenters. The first-order chi connectivity index (χ1) is 8.56. The Bertz CT molecular complexity index is 602. The van der Waals surface area contributed by atoms with Crippen molar-refractivity contribution >= 4 is 29.0 Å².